The molecule has 0 aliphatic rings. The quantitative estimate of drug-likeness (QED) is 0.358. The maximum absolute atomic E-state index is 12.1. The standard InChI is InChI=1S/C26H26O4/c1-19(2)22-11-8-20(9-12-22)10-17-25(27)30-24-15-13-23(14-16-24)26(28)29-18-21-6-4-3-5-7-21/h3-9,11-16,19H,10,17-18H2,1-2H3. The summed E-state index contributed by atoms with van der Waals surface area (Å²) in [4.78, 5) is 24.3. The van der Waals surface area contributed by atoms with Crippen LogP contribution in [0.5, 0.6) is 5.75 Å². The summed E-state index contributed by atoms with van der Waals surface area (Å²) in [5.74, 6) is 0.182. The fourth-order valence-corrected chi connectivity index (χ4v) is 2.96. The first-order valence-electron chi connectivity index (χ1n) is 10.1. The molecule has 154 valence electrons. The summed E-state index contributed by atoms with van der Waals surface area (Å²) in [5.41, 5.74) is 3.72. The van der Waals surface area contributed by atoms with Gasteiger partial charge >= 0.3 is 11.9 Å². The lowest BCUT2D eigenvalue weighted by Gasteiger charge is -2.08. The molecule has 0 radical (unpaired) electrons. The number of carbonyl (C=O) groups is 2. The lowest BCUT2D eigenvalue weighted by molar-refractivity contribution is -0.134. The number of hydrogen-bond donors (Lipinski definition) is 0. The smallest absolute Gasteiger partial charge is 0.338 e. The van der Waals surface area contributed by atoms with Gasteiger partial charge in [-0.05, 0) is 53.3 Å². The first kappa shape index (κ1) is 21.3. The third-order valence-electron chi connectivity index (χ3n) is 4.80. The molecule has 0 spiro atoms. The predicted molar refractivity (Wildman–Crippen MR) is 116 cm³/mol. The molecule has 0 bridgehead atoms. The number of hydrogen-bond acceptors (Lipinski definition) is 4. The molecule has 0 aliphatic heterocycles. The van der Waals surface area contributed by atoms with E-state index >= 15 is 0 Å². The van der Waals surface area contributed by atoms with Gasteiger partial charge in [-0.2, -0.15) is 0 Å². The van der Waals surface area contributed by atoms with Gasteiger partial charge in [-0.1, -0.05) is 68.4 Å². The van der Waals surface area contributed by atoms with Gasteiger partial charge in [-0.25, -0.2) is 4.79 Å². The maximum Gasteiger partial charge on any atom is 0.338 e. The van der Waals surface area contributed by atoms with Crippen molar-refractivity contribution < 1.29 is 19.1 Å². The van der Waals surface area contributed by atoms with E-state index in [-0.39, 0.29) is 12.6 Å². The van der Waals surface area contributed by atoms with Gasteiger partial charge in [0.1, 0.15) is 12.4 Å². The van der Waals surface area contributed by atoms with E-state index in [9.17, 15) is 9.59 Å². The van der Waals surface area contributed by atoms with Gasteiger partial charge in [0.25, 0.3) is 0 Å². The Morgan fingerprint density at radius 2 is 1.47 bits per heavy atom. The van der Waals surface area contributed by atoms with E-state index in [0.29, 0.717) is 30.1 Å². The summed E-state index contributed by atoms with van der Waals surface area (Å²) < 4.78 is 10.7. The second-order valence-electron chi connectivity index (χ2n) is 7.46. The number of esters is 2. The van der Waals surface area contributed by atoms with Crippen molar-refractivity contribution in [2.75, 3.05) is 0 Å². The molecule has 0 aromatic heterocycles. The van der Waals surface area contributed by atoms with Gasteiger partial charge < -0.3 is 9.47 Å². The molecule has 0 fully saturated rings. The van der Waals surface area contributed by atoms with Crippen molar-refractivity contribution in [3.05, 3.63) is 101 Å². The zero-order valence-electron chi connectivity index (χ0n) is 17.3. The van der Waals surface area contributed by atoms with Crippen LogP contribution in [0.25, 0.3) is 0 Å². The molecule has 30 heavy (non-hydrogen) atoms. The van der Waals surface area contributed by atoms with Crippen molar-refractivity contribution >= 4 is 11.9 Å². The minimum absolute atomic E-state index is 0.217. The molecule has 0 aliphatic carbocycles. The molecule has 0 atom stereocenters. The minimum atomic E-state index is -0.415. The highest BCUT2D eigenvalue weighted by Gasteiger charge is 2.10. The summed E-state index contributed by atoms with van der Waals surface area (Å²) in [6.45, 7) is 4.52. The summed E-state index contributed by atoms with van der Waals surface area (Å²) in [5, 5.41) is 0. The molecule has 0 amide bonds. The van der Waals surface area contributed by atoms with Gasteiger partial charge in [0.2, 0.25) is 0 Å². The minimum Gasteiger partial charge on any atom is -0.457 e. The normalized spacial score (nSPS) is 10.6. The monoisotopic (exact) mass is 402 g/mol. The number of benzene rings is 3. The second kappa shape index (κ2) is 10.4. The van der Waals surface area contributed by atoms with Crippen molar-refractivity contribution in [3.63, 3.8) is 0 Å². The van der Waals surface area contributed by atoms with Crippen LogP contribution < -0.4 is 4.74 Å². The highest BCUT2D eigenvalue weighted by molar-refractivity contribution is 5.89. The predicted octanol–water partition coefficient (Wildman–Crippen LogP) is 5.71. The zero-order valence-corrected chi connectivity index (χ0v) is 17.3. The average molecular weight is 402 g/mol. The number of carbonyl (C=O) groups excluding carboxylic acids is 2. The molecule has 4 heteroatoms. The fourth-order valence-electron chi connectivity index (χ4n) is 2.96. The molecular formula is C26H26O4. The van der Waals surface area contributed by atoms with E-state index in [0.717, 1.165) is 11.1 Å². The third kappa shape index (κ3) is 6.31. The van der Waals surface area contributed by atoms with Crippen molar-refractivity contribution in [2.24, 2.45) is 0 Å². The molecule has 0 saturated heterocycles. The number of aryl methyl sites for hydroxylation is 1. The van der Waals surface area contributed by atoms with Crippen molar-refractivity contribution in [3.8, 4) is 5.75 Å². The van der Waals surface area contributed by atoms with Gasteiger partial charge in [-0.15, -0.1) is 0 Å². The van der Waals surface area contributed by atoms with E-state index < -0.39 is 5.97 Å². The van der Waals surface area contributed by atoms with E-state index in [1.54, 1.807) is 24.3 Å². The molecule has 3 aromatic rings. The van der Waals surface area contributed by atoms with Gasteiger partial charge in [0, 0.05) is 6.42 Å². The molecule has 3 rings (SSSR count). The Balaban J connectivity index is 1.46. The van der Waals surface area contributed by atoms with Crippen molar-refractivity contribution in [1.29, 1.82) is 0 Å². The van der Waals surface area contributed by atoms with Crippen LogP contribution in [0.2, 0.25) is 0 Å². The Kier molecular flexibility index (Phi) is 7.39. The van der Waals surface area contributed by atoms with Gasteiger partial charge in [0.05, 0.1) is 5.56 Å². The summed E-state index contributed by atoms with van der Waals surface area (Å²) in [7, 11) is 0. The highest BCUT2D eigenvalue weighted by atomic mass is 16.5. The van der Waals surface area contributed by atoms with Crippen LogP contribution in [0.4, 0.5) is 0 Å². The van der Waals surface area contributed by atoms with Crippen LogP contribution in [0.3, 0.4) is 0 Å². The SMILES string of the molecule is CC(C)c1ccc(CCC(=O)Oc2ccc(C(=O)OCc3ccccc3)cc2)cc1. The van der Waals surface area contributed by atoms with Crippen LogP contribution in [-0.4, -0.2) is 11.9 Å². The summed E-state index contributed by atoms with van der Waals surface area (Å²) >= 11 is 0. The van der Waals surface area contributed by atoms with Crippen LogP contribution in [-0.2, 0) is 22.6 Å². The largest absolute Gasteiger partial charge is 0.457 e. The van der Waals surface area contributed by atoms with Crippen LogP contribution >= 0.6 is 0 Å². The van der Waals surface area contributed by atoms with Crippen LogP contribution in [0.1, 0.15) is 53.2 Å². The number of rotatable bonds is 8. The number of ether oxygens (including phenoxy) is 2. The van der Waals surface area contributed by atoms with E-state index in [4.69, 9.17) is 9.47 Å². The van der Waals surface area contributed by atoms with Gasteiger partial charge in [-0.3, -0.25) is 4.79 Å². The summed E-state index contributed by atoms with van der Waals surface area (Å²) in [6, 6.07) is 24.2. The summed E-state index contributed by atoms with van der Waals surface area (Å²) in [6.07, 6.45) is 0.920. The molecular weight excluding hydrogens is 376 g/mol. The lowest BCUT2D eigenvalue weighted by Crippen LogP contribution is -2.09. The van der Waals surface area contributed by atoms with E-state index in [2.05, 4.69) is 38.1 Å². The molecule has 0 unspecified atom stereocenters. The third-order valence-corrected chi connectivity index (χ3v) is 4.80. The molecule has 3 aromatic carbocycles. The maximum atomic E-state index is 12.1. The van der Waals surface area contributed by atoms with Crippen LogP contribution in [0.15, 0.2) is 78.9 Å². The molecule has 0 N–H and O–H groups in total. The fraction of sp³-hybridized carbons (Fsp3) is 0.231. The molecule has 4 nitrogen and oxygen atoms in total. The Hall–Kier alpha value is -3.40. The Morgan fingerprint density at radius 3 is 2.10 bits per heavy atom. The van der Waals surface area contributed by atoms with Crippen molar-refractivity contribution in [2.45, 2.75) is 39.2 Å². The molecule has 0 saturated carbocycles. The van der Waals surface area contributed by atoms with Gasteiger partial charge in [0.15, 0.2) is 0 Å². The first-order chi connectivity index (χ1) is 14.5. The highest BCUT2D eigenvalue weighted by Crippen LogP contribution is 2.17. The topological polar surface area (TPSA) is 52.6 Å². The van der Waals surface area contributed by atoms with Crippen LogP contribution in [0, 0.1) is 0 Å². The Morgan fingerprint density at radius 1 is 0.800 bits per heavy atom. The average Bonchev–Trinajstić information content (AvgIpc) is 2.77. The second-order valence-corrected chi connectivity index (χ2v) is 7.46. The first-order valence-corrected chi connectivity index (χ1v) is 10.1. The van der Waals surface area contributed by atoms with Crippen molar-refractivity contribution in [1.82, 2.24) is 0 Å². The van der Waals surface area contributed by atoms with E-state index in [1.165, 1.54) is 5.56 Å². The Labute approximate surface area is 177 Å². The van der Waals surface area contributed by atoms with E-state index in [1.807, 2.05) is 30.3 Å². The molecule has 0 heterocycles. The zero-order chi connectivity index (χ0) is 21.3. The lowest BCUT2D eigenvalue weighted by atomic mass is 10.0. The Bertz CT molecular complexity index is 958.